The molecule has 2 heterocycles. The lowest BCUT2D eigenvalue weighted by Gasteiger charge is -2.24. The molecule has 0 atom stereocenters. The van der Waals surface area contributed by atoms with Gasteiger partial charge in [0, 0.05) is 6.54 Å². The third-order valence-electron chi connectivity index (χ3n) is 2.33. The summed E-state index contributed by atoms with van der Waals surface area (Å²) in [5.74, 6) is 0.857. The van der Waals surface area contributed by atoms with E-state index in [0.717, 1.165) is 0 Å². The van der Waals surface area contributed by atoms with Crippen molar-refractivity contribution >= 4 is 30.5 Å². The highest BCUT2D eigenvalue weighted by Crippen LogP contribution is 2.24. The zero-order chi connectivity index (χ0) is 14.0. The number of anilines is 2. The van der Waals surface area contributed by atoms with E-state index in [0.29, 0.717) is 29.9 Å². The monoisotopic (exact) mass is 282 g/mol. The fourth-order valence-electron chi connectivity index (χ4n) is 1.56. The van der Waals surface area contributed by atoms with Crippen molar-refractivity contribution in [1.29, 1.82) is 0 Å². The standard InChI is InChI=1S/C9H13N6O3P/c10-7-6-8(14-9(11)13-7)15(5-12-6)3-1-2-4-19(16,17)18/h2,4-5H,1,3H2,(H2,16,17,18)(H4,10,11,13,14)/p-2/b4-2+. The number of nitrogen functional groups attached to an aromatic ring is 2. The van der Waals surface area contributed by atoms with Crippen LogP contribution in [-0.2, 0) is 11.1 Å². The molecule has 4 N–H and O–H groups in total. The molecule has 0 unspecified atom stereocenters. The minimum atomic E-state index is -4.61. The molecule has 0 spiro atoms. The summed E-state index contributed by atoms with van der Waals surface area (Å²) in [6.45, 7) is 0.392. The molecule has 0 fully saturated rings. The van der Waals surface area contributed by atoms with E-state index in [9.17, 15) is 14.4 Å². The van der Waals surface area contributed by atoms with Crippen LogP contribution in [0.5, 0.6) is 0 Å². The second kappa shape index (κ2) is 4.96. The molecular formula is C9H11N6O3P-2. The molecule has 10 heteroatoms. The van der Waals surface area contributed by atoms with Crippen molar-refractivity contribution < 1.29 is 14.4 Å². The van der Waals surface area contributed by atoms with E-state index in [1.807, 2.05) is 0 Å². The SMILES string of the molecule is Nc1nc(N)c2ncn(CC/C=C/P(=O)([O-])[O-])c2n1. The molecule has 102 valence electrons. The Kier molecular flexibility index (Phi) is 3.52. The van der Waals surface area contributed by atoms with E-state index in [1.165, 1.54) is 12.4 Å². The topological polar surface area (TPSA) is 159 Å². The molecule has 0 amide bonds. The third-order valence-corrected chi connectivity index (χ3v) is 2.91. The Morgan fingerprint density at radius 2 is 2.11 bits per heavy atom. The maximum Gasteiger partial charge on any atom is 0.224 e. The Balaban J connectivity index is 2.18. The summed E-state index contributed by atoms with van der Waals surface area (Å²) in [5.41, 5.74) is 12.0. The number of hydrogen-bond donors (Lipinski definition) is 2. The Morgan fingerprint density at radius 1 is 1.37 bits per heavy atom. The summed E-state index contributed by atoms with van der Waals surface area (Å²) in [6, 6.07) is 0. The fraction of sp³-hybridized carbons (Fsp3) is 0.222. The molecule has 0 aliphatic heterocycles. The second-order valence-corrected chi connectivity index (χ2v) is 5.17. The minimum Gasteiger partial charge on any atom is -0.808 e. The van der Waals surface area contributed by atoms with Crippen LogP contribution in [0.4, 0.5) is 11.8 Å². The highest BCUT2D eigenvalue weighted by molar-refractivity contribution is 7.52. The van der Waals surface area contributed by atoms with Crippen molar-refractivity contribution in [3.05, 3.63) is 18.2 Å². The fourth-order valence-corrected chi connectivity index (χ4v) is 1.97. The largest absolute Gasteiger partial charge is 0.808 e. The second-order valence-electron chi connectivity index (χ2n) is 3.79. The summed E-state index contributed by atoms with van der Waals surface area (Å²) >= 11 is 0. The number of fused-ring (bicyclic) bond motifs is 1. The molecule has 0 aliphatic rings. The summed E-state index contributed by atoms with van der Waals surface area (Å²) in [5, 5.41) is 0. The van der Waals surface area contributed by atoms with Gasteiger partial charge in [0.25, 0.3) is 0 Å². The van der Waals surface area contributed by atoms with Crippen LogP contribution in [0.25, 0.3) is 11.2 Å². The van der Waals surface area contributed by atoms with Crippen LogP contribution in [0.1, 0.15) is 6.42 Å². The molecule has 0 radical (unpaired) electrons. The maximum absolute atomic E-state index is 10.4. The summed E-state index contributed by atoms with van der Waals surface area (Å²) in [7, 11) is -4.61. The third kappa shape index (κ3) is 3.28. The summed E-state index contributed by atoms with van der Waals surface area (Å²) in [6.07, 6.45) is 3.11. The molecule has 9 nitrogen and oxygen atoms in total. The number of imidazole rings is 1. The van der Waals surface area contributed by atoms with Crippen LogP contribution in [0.2, 0.25) is 0 Å². The number of aromatic nitrogens is 4. The van der Waals surface area contributed by atoms with Crippen molar-refractivity contribution in [2.24, 2.45) is 0 Å². The predicted octanol–water partition coefficient (Wildman–Crippen LogP) is -1.19. The average Bonchev–Trinajstić information content (AvgIpc) is 2.66. The maximum atomic E-state index is 10.4. The van der Waals surface area contributed by atoms with E-state index in [2.05, 4.69) is 15.0 Å². The van der Waals surface area contributed by atoms with E-state index in [1.54, 1.807) is 4.57 Å². The zero-order valence-electron chi connectivity index (χ0n) is 9.76. The molecule has 2 aromatic rings. The molecule has 0 saturated heterocycles. The van der Waals surface area contributed by atoms with E-state index in [4.69, 9.17) is 11.5 Å². The number of hydrogen-bond acceptors (Lipinski definition) is 8. The summed E-state index contributed by atoms with van der Waals surface area (Å²) in [4.78, 5) is 32.6. The smallest absolute Gasteiger partial charge is 0.224 e. The lowest BCUT2D eigenvalue weighted by atomic mass is 10.4. The first-order chi connectivity index (χ1) is 8.87. The van der Waals surface area contributed by atoms with Crippen LogP contribution < -0.4 is 21.3 Å². The predicted molar refractivity (Wildman–Crippen MR) is 65.5 cm³/mol. The Bertz CT molecular complexity index is 676. The first-order valence-electron chi connectivity index (χ1n) is 5.30. The minimum absolute atomic E-state index is 0.0332. The number of rotatable bonds is 4. The van der Waals surface area contributed by atoms with Crippen molar-refractivity contribution in [3.63, 3.8) is 0 Å². The van der Waals surface area contributed by atoms with Gasteiger partial charge < -0.3 is 30.4 Å². The molecule has 2 aromatic heterocycles. The van der Waals surface area contributed by atoms with Gasteiger partial charge in [0.2, 0.25) is 5.95 Å². The van der Waals surface area contributed by atoms with E-state index in [-0.39, 0.29) is 11.8 Å². The number of allylic oxidation sites excluding steroid dienone is 1. The molecule has 0 saturated carbocycles. The van der Waals surface area contributed by atoms with Crippen molar-refractivity contribution in [2.45, 2.75) is 13.0 Å². The Labute approximate surface area is 108 Å². The van der Waals surface area contributed by atoms with Gasteiger partial charge in [0.15, 0.2) is 11.5 Å². The first-order valence-corrected chi connectivity index (χ1v) is 6.91. The van der Waals surface area contributed by atoms with Gasteiger partial charge in [-0.05, 0) is 14.0 Å². The normalized spacial score (nSPS) is 12.5. The average molecular weight is 282 g/mol. The van der Waals surface area contributed by atoms with Gasteiger partial charge >= 0.3 is 0 Å². The first kappa shape index (κ1) is 13.5. The van der Waals surface area contributed by atoms with E-state index >= 15 is 0 Å². The van der Waals surface area contributed by atoms with Crippen LogP contribution in [0.15, 0.2) is 18.2 Å². The zero-order valence-corrected chi connectivity index (χ0v) is 10.7. The van der Waals surface area contributed by atoms with Gasteiger partial charge in [-0.2, -0.15) is 9.97 Å². The highest BCUT2D eigenvalue weighted by atomic mass is 31.2. The van der Waals surface area contributed by atoms with Gasteiger partial charge in [0.1, 0.15) is 5.52 Å². The van der Waals surface area contributed by atoms with Crippen molar-refractivity contribution in [3.8, 4) is 0 Å². The van der Waals surface area contributed by atoms with Crippen LogP contribution in [0.3, 0.4) is 0 Å². The lowest BCUT2D eigenvalue weighted by Crippen LogP contribution is -2.10. The molecule has 19 heavy (non-hydrogen) atoms. The molecular weight excluding hydrogens is 271 g/mol. The number of nitrogens with two attached hydrogens (primary N) is 2. The van der Waals surface area contributed by atoms with Crippen molar-refractivity contribution in [2.75, 3.05) is 11.5 Å². The van der Waals surface area contributed by atoms with E-state index < -0.39 is 7.60 Å². The molecule has 2 rings (SSSR count). The molecule has 0 bridgehead atoms. The van der Waals surface area contributed by atoms with Gasteiger partial charge in [-0.1, -0.05) is 11.9 Å². The number of aryl methyl sites for hydroxylation is 1. The molecule has 0 aromatic carbocycles. The van der Waals surface area contributed by atoms with Gasteiger partial charge in [-0.3, -0.25) is 0 Å². The quantitative estimate of drug-likeness (QED) is 0.662. The lowest BCUT2D eigenvalue weighted by molar-refractivity contribution is -0.308. The van der Waals surface area contributed by atoms with Crippen LogP contribution in [0, 0.1) is 0 Å². The van der Waals surface area contributed by atoms with Crippen LogP contribution >= 0.6 is 7.60 Å². The molecule has 0 aliphatic carbocycles. The highest BCUT2D eigenvalue weighted by Gasteiger charge is 2.09. The van der Waals surface area contributed by atoms with Gasteiger partial charge in [-0.15, -0.1) is 0 Å². The van der Waals surface area contributed by atoms with Gasteiger partial charge in [-0.25, -0.2) is 4.98 Å². The summed E-state index contributed by atoms with van der Waals surface area (Å²) < 4.78 is 12.1. The Morgan fingerprint density at radius 3 is 2.79 bits per heavy atom. The van der Waals surface area contributed by atoms with Gasteiger partial charge in [0.05, 0.1) is 6.33 Å². The van der Waals surface area contributed by atoms with Crippen molar-refractivity contribution in [1.82, 2.24) is 19.5 Å². The Hall–Kier alpha value is -1.96. The van der Waals surface area contributed by atoms with Crippen LogP contribution in [-0.4, -0.2) is 19.5 Å². The number of nitrogens with zero attached hydrogens (tertiary/aromatic N) is 4.